The summed E-state index contributed by atoms with van der Waals surface area (Å²) >= 11 is 1.62. The van der Waals surface area contributed by atoms with Gasteiger partial charge in [-0.15, -0.1) is 11.3 Å². The van der Waals surface area contributed by atoms with E-state index in [1.807, 2.05) is 6.20 Å². The summed E-state index contributed by atoms with van der Waals surface area (Å²) in [5.41, 5.74) is 7.08. The van der Waals surface area contributed by atoms with Crippen molar-refractivity contribution in [3.8, 4) is 0 Å². The molecule has 2 atom stereocenters. The molecule has 1 aliphatic carbocycles. The van der Waals surface area contributed by atoms with Crippen molar-refractivity contribution in [1.82, 2.24) is 4.98 Å². The van der Waals surface area contributed by atoms with Crippen molar-refractivity contribution in [1.29, 1.82) is 0 Å². The highest BCUT2D eigenvalue weighted by Gasteiger charge is 2.40. The van der Waals surface area contributed by atoms with Crippen LogP contribution < -0.4 is 5.73 Å². The van der Waals surface area contributed by atoms with E-state index in [1.165, 1.54) is 16.9 Å². The second-order valence-corrected chi connectivity index (χ2v) is 5.05. The molecule has 0 amide bonds. The highest BCUT2D eigenvalue weighted by molar-refractivity contribution is 7.15. The van der Waals surface area contributed by atoms with Crippen LogP contribution in [0.5, 0.6) is 0 Å². The van der Waals surface area contributed by atoms with Gasteiger partial charge in [-0.05, 0) is 17.9 Å². The minimum absolute atomic E-state index is 0.655. The van der Waals surface area contributed by atoms with Gasteiger partial charge in [-0.2, -0.15) is 0 Å². The summed E-state index contributed by atoms with van der Waals surface area (Å²) in [4.78, 5) is 5.44. The number of benzene rings is 1. The monoisotopic (exact) mass is 216 g/mol. The van der Waals surface area contributed by atoms with Crippen LogP contribution in [0.1, 0.15) is 28.7 Å². The van der Waals surface area contributed by atoms with Crippen molar-refractivity contribution in [2.24, 2.45) is 0 Å². The SMILES string of the molecule is Nc1ncc(C2CC2c2ccccc2)s1. The Morgan fingerprint density at radius 3 is 2.67 bits per heavy atom. The maximum atomic E-state index is 5.64. The van der Waals surface area contributed by atoms with Crippen molar-refractivity contribution in [2.75, 3.05) is 5.73 Å². The Kier molecular flexibility index (Phi) is 1.99. The zero-order chi connectivity index (χ0) is 10.3. The molecule has 1 aliphatic rings. The predicted octanol–water partition coefficient (Wildman–Crippen LogP) is 3.00. The van der Waals surface area contributed by atoms with Crippen LogP contribution in [0.3, 0.4) is 0 Å². The van der Waals surface area contributed by atoms with Crippen molar-refractivity contribution >= 4 is 16.5 Å². The van der Waals surface area contributed by atoms with Crippen LogP contribution in [0.25, 0.3) is 0 Å². The van der Waals surface area contributed by atoms with E-state index in [0.717, 1.165) is 0 Å². The molecule has 76 valence electrons. The maximum Gasteiger partial charge on any atom is 0.180 e. The zero-order valence-corrected chi connectivity index (χ0v) is 9.08. The molecule has 1 aromatic carbocycles. The Labute approximate surface area is 92.8 Å². The molecule has 1 fully saturated rings. The molecule has 0 radical (unpaired) electrons. The second-order valence-electron chi connectivity index (χ2n) is 3.96. The zero-order valence-electron chi connectivity index (χ0n) is 8.26. The summed E-state index contributed by atoms with van der Waals surface area (Å²) in [6, 6.07) is 10.7. The van der Waals surface area contributed by atoms with Gasteiger partial charge in [-0.3, -0.25) is 0 Å². The highest BCUT2D eigenvalue weighted by atomic mass is 32.1. The van der Waals surface area contributed by atoms with Crippen molar-refractivity contribution in [3.05, 3.63) is 47.0 Å². The van der Waals surface area contributed by atoms with Crippen molar-refractivity contribution < 1.29 is 0 Å². The molecule has 0 saturated heterocycles. The Balaban J connectivity index is 1.80. The van der Waals surface area contributed by atoms with Crippen LogP contribution in [0.15, 0.2) is 36.5 Å². The smallest absolute Gasteiger partial charge is 0.180 e. The Bertz CT molecular complexity index is 463. The van der Waals surface area contributed by atoms with Gasteiger partial charge in [0.05, 0.1) is 0 Å². The number of rotatable bonds is 2. The number of nitrogens with zero attached hydrogens (tertiary/aromatic N) is 1. The number of thiazole rings is 1. The van der Waals surface area contributed by atoms with Crippen LogP contribution >= 0.6 is 11.3 Å². The molecule has 1 heterocycles. The minimum Gasteiger partial charge on any atom is -0.375 e. The lowest BCUT2D eigenvalue weighted by atomic mass is 10.1. The second kappa shape index (κ2) is 3.35. The van der Waals surface area contributed by atoms with E-state index in [0.29, 0.717) is 17.0 Å². The standard InChI is InChI=1S/C12H12N2S/c13-12-14-7-11(15-12)10-6-9(10)8-4-2-1-3-5-8/h1-5,7,9-10H,6H2,(H2,13,14). The van der Waals surface area contributed by atoms with Crippen molar-refractivity contribution in [3.63, 3.8) is 0 Å². The highest BCUT2D eigenvalue weighted by Crippen LogP contribution is 2.55. The normalized spacial score (nSPS) is 24.0. The first-order chi connectivity index (χ1) is 7.34. The average molecular weight is 216 g/mol. The molecule has 1 aromatic heterocycles. The lowest BCUT2D eigenvalue weighted by Gasteiger charge is -1.97. The summed E-state index contributed by atoms with van der Waals surface area (Å²) in [5, 5.41) is 0.684. The lowest BCUT2D eigenvalue weighted by Crippen LogP contribution is -1.80. The first kappa shape index (κ1) is 8.92. The van der Waals surface area contributed by atoms with Gasteiger partial charge in [0, 0.05) is 17.0 Å². The van der Waals surface area contributed by atoms with Gasteiger partial charge in [0.25, 0.3) is 0 Å². The third kappa shape index (κ3) is 1.63. The average Bonchev–Trinajstić information content (AvgIpc) is 2.96. The van der Waals surface area contributed by atoms with E-state index in [4.69, 9.17) is 5.73 Å². The summed E-state index contributed by atoms with van der Waals surface area (Å²) in [7, 11) is 0. The fraction of sp³-hybridized carbons (Fsp3) is 0.250. The topological polar surface area (TPSA) is 38.9 Å². The van der Waals surface area contributed by atoms with Gasteiger partial charge in [0.1, 0.15) is 0 Å². The van der Waals surface area contributed by atoms with E-state index >= 15 is 0 Å². The van der Waals surface area contributed by atoms with Gasteiger partial charge in [0.15, 0.2) is 5.13 Å². The van der Waals surface area contributed by atoms with Gasteiger partial charge >= 0.3 is 0 Å². The first-order valence-electron chi connectivity index (χ1n) is 5.11. The molecule has 15 heavy (non-hydrogen) atoms. The summed E-state index contributed by atoms with van der Waals surface area (Å²) in [6.07, 6.45) is 3.17. The molecular formula is C12H12N2S. The first-order valence-corrected chi connectivity index (χ1v) is 5.92. The maximum absolute atomic E-state index is 5.64. The fourth-order valence-corrected chi connectivity index (χ4v) is 2.91. The van der Waals surface area contributed by atoms with E-state index in [2.05, 4.69) is 35.3 Å². The Morgan fingerprint density at radius 1 is 1.20 bits per heavy atom. The fourth-order valence-electron chi connectivity index (χ4n) is 2.05. The van der Waals surface area contributed by atoms with Crippen LogP contribution in [0.2, 0.25) is 0 Å². The van der Waals surface area contributed by atoms with Gasteiger partial charge in [-0.1, -0.05) is 30.3 Å². The quantitative estimate of drug-likeness (QED) is 0.838. The Hall–Kier alpha value is -1.35. The van der Waals surface area contributed by atoms with Crippen LogP contribution in [-0.4, -0.2) is 4.98 Å². The number of nitrogen functional groups attached to an aromatic ring is 1. The molecule has 1 saturated carbocycles. The van der Waals surface area contributed by atoms with E-state index < -0.39 is 0 Å². The van der Waals surface area contributed by atoms with Gasteiger partial charge in [0.2, 0.25) is 0 Å². The summed E-state index contributed by atoms with van der Waals surface area (Å²) in [5.74, 6) is 1.34. The molecule has 2 N–H and O–H groups in total. The number of aromatic nitrogens is 1. The third-order valence-corrected chi connectivity index (χ3v) is 3.88. The molecule has 2 nitrogen and oxygen atoms in total. The van der Waals surface area contributed by atoms with E-state index in [1.54, 1.807) is 11.3 Å². The van der Waals surface area contributed by atoms with Crippen LogP contribution in [0, 0.1) is 0 Å². The van der Waals surface area contributed by atoms with Gasteiger partial charge < -0.3 is 5.73 Å². The minimum atomic E-state index is 0.655. The van der Waals surface area contributed by atoms with Gasteiger partial charge in [-0.25, -0.2) is 4.98 Å². The molecule has 3 rings (SSSR count). The molecule has 0 aliphatic heterocycles. The van der Waals surface area contributed by atoms with E-state index in [9.17, 15) is 0 Å². The van der Waals surface area contributed by atoms with E-state index in [-0.39, 0.29) is 0 Å². The summed E-state index contributed by atoms with van der Waals surface area (Å²) in [6.45, 7) is 0. The number of hydrogen-bond acceptors (Lipinski definition) is 3. The molecule has 0 spiro atoms. The number of nitrogens with two attached hydrogens (primary N) is 1. The Morgan fingerprint density at radius 2 is 2.00 bits per heavy atom. The van der Waals surface area contributed by atoms with Crippen LogP contribution in [-0.2, 0) is 0 Å². The largest absolute Gasteiger partial charge is 0.375 e. The molecule has 2 aromatic rings. The number of anilines is 1. The molecular weight excluding hydrogens is 204 g/mol. The lowest BCUT2D eigenvalue weighted by molar-refractivity contribution is 1.04. The predicted molar refractivity (Wildman–Crippen MR) is 63.1 cm³/mol. The van der Waals surface area contributed by atoms with Crippen LogP contribution in [0.4, 0.5) is 5.13 Å². The van der Waals surface area contributed by atoms with Crippen molar-refractivity contribution in [2.45, 2.75) is 18.3 Å². The molecule has 0 bridgehead atoms. The third-order valence-electron chi connectivity index (χ3n) is 2.93. The molecule has 3 heteroatoms. The number of hydrogen-bond donors (Lipinski definition) is 1. The summed E-state index contributed by atoms with van der Waals surface area (Å²) < 4.78 is 0. The molecule has 2 unspecified atom stereocenters.